The molecule has 0 fully saturated rings. The zero-order valence-electron chi connectivity index (χ0n) is 6.79. The first kappa shape index (κ1) is 9.18. The summed E-state index contributed by atoms with van der Waals surface area (Å²) < 4.78 is 0. The van der Waals surface area contributed by atoms with E-state index < -0.39 is 0 Å². The lowest BCUT2D eigenvalue weighted by Gasteiger charge is -2.11. The third-order valence-electron chi connectivity index (χ3n) is 1.24. The maximum Gasteiger partial charge on any atom is 0.258 e. The van der Waals surface area contributed by atoms with Crippen LogP contribution in [0, 0.1) is 5.92 Å². The Morgan fingerprint density at radius 3 is 2.60 bits per heavy atom. The highest BCUT2D eigenvalue weighted by molar-refractivity contribution is 5.32. The van der Waals surface area contributed by atoms with Gasteiger partial charge in [0, 0.05) is 13.6 Å². The van der Waals surface area contributed by atoms with Gasteiger partial charge in [-0.2, -0.15) is 0 Å². The van der Waals surface area contributed by atoms with Gasteiger partial charge in [0.25, 0.3) is 6.08 Å². The lowest BCUT2D eigenvalue weighted by Crippen LogP contribution is -2.13. The molecule has 10 heavy (non-hydrogen) atoms. The van der Waals surface area contributed by atoms with Crippen molar-refractivity contribution >= 4 is 6.08 Å². The van der Waals surface area contributed by atoms with Crippen LogP contribution in [0.3, 0.4) is 0 Å². The van der Waals surface area contributed by atoms with E-state index in [1.54, 1.807) is 12.1 Å². The van der Waals surface area contributed by atoms with Gasteiger partial charge in [0.15, 0.2) is 0 Å². The zero-order chi connectivity index (χ0) is 7.98. The van der Waals surface area contributed by atoms with Crippen LogP contribution >= 0.6 is 0 Å². The minimum Gasteiger partial charge on any atom is -0.289 e. The van der Waals surface area contributed by atoms with E-state index in [9.17, 15) is 4.79 Å². The number of carbonyl (C=O) groups excluding carboxylic acids is 1. The quantitative estimate of drug-likeness (QED) is 0.336. The van der Waals surface area contributed by atoms with Crippen LogP contribution in [0.2, 0.25) is 0 Å². The second-order valence-electron chi connectivity index (χ2n) is 2.76. The van der Waals surface area contributed by atoms with Crippen LogP contribution in [0.15, 0.2) is 5.10 Å². The summed E-state index contributed by atoms with van der Waals surface area (Å²) in [6, 6.07) is 0. The van der Waals surface area contributed by atoms with Crippen LogP contribution in [-0.2, 0) is 4.79 Å². The van der Waals surface area contributed by atoms with Gasteiger partial charge in [-0.1, -0.05) is 18.9 Å². The summed E-state index contributed by atoms with van der Waals surface area (Å²) in [6.45, 7) is 5.10. The van der Waals surface area contributed by atoms with E-state index in [4.69, 9.17) is 0 Å². The largest absolute Gasteiger partial charge is 0.289 e. The number of isocyanates is 1. The van der Waals surface area contributed by atoms with Crippen molar-refractivity contribution in [3.05, 3.63) is 0 Å². The molecule has 0 heterocycles. The first-order valence-electron chi connectivity index (χ1n) is 3.45. The summed E-state index contributed by atoms with van der Waals surface area (Å²) >= 11 is 0. The molecule has 58 valence electrons. The zero-order valence-corrected chi connectivity index (χ0v) is 6.79. The summed E-state index contributed by atoms with van der Waals surface area (Å²) in [5.74, 6) is 0.657. The molecule has 3 heteroatoms. The summed E-state index contributed by atoms with van der Waals surface area (Å²) in [4.78, 5) is 9.73. The molecule has 0 N–H and O–H groups in total. The maximum atomic E-state index is 9.73. The van der Waals surface area contributed by atoms with Crippen molar-refractivity contribution in [2.75, 3.05) is 13.6 Å². The van der Waals surface area contributed by atoms with Gasteiger partial charge in [-0.15, -0.1) is 0 Å². The second-order valence-corrected chi connectivity index (χ2v) is 2.76. The maximum absolute atomic E-state index is 9.73. The van der Waals surface area contributed by atoms with E-state index in [-0.39, 0.29) is 0 Å². The van der Waals surface area contributed by atoms with Crippen molar-refractivity contribution in [3.8, 4) is 0 Å². The summed E-state index contributed by atoms with van der Waals surface area (Å²) in [7, 11) is 1.77. The molecule has 0 saturated heterocycles. The molecule has 0 radical (unpaired) electrons. The van der Waals surface area contributed by atoms with E-state index in [0.717, 1.165) is 13.0 Å². The van der Waals surface area contributed by atoms with Crippen LogP contribution in [-0.4, -0.2) is 24.7 Å². The Bertz CT molecular complexity index is 128. The third-order valence-corrected chi connectivity index (χ3v) is 1.24. The van der Waals surface area contributed by atoms with Crippen molar-refractivity contribution in [3.63, 3.8) is 0 Å². The van der Waals surface area contributed by atoms with E-state index >= 15 is 0 Å². The van der Waals surface area contributed by atoms with Gasteiger partial charge in [-0.25, -0.2) is 4.79 Å². The average Bonchev–Trinajstić information content (AvgIpc) is 1.85. The van der Waals surface area contributed by atoms with Crippen molar-refractivity contribution in [1.29, 1.82) is 0 Å². The molecule has 0 saturated carbocycles. The van der Waals surface area contributed by atoms with Crippen LogP contribution < -0.4 is 0 Å². The standard InChI is InChI=1S/C7H14N2O/c1-7(2)4-5-9(3)8-6-10/h7H,4-5H2,1-3H3. The Morgan fingerprint density at radius 1 is 1.60 bits per heavy atom. The van der Waals surface area contributed by atoms with Crippen LogP contribution in [0.4, 0.5) is 0 Å². The highest BCUT2D eigenvalue weighted by Gasteiger charge is 1.95. The highest BCUT2D eigenvalue weighted by atomic mass is 16.1. The minimum atomic E-state index is 0.657. The molecule has 0 aliphatic rings. The molecule has 0 amide bonds. The lowest BCUT2D eigenvalue weighted by molar-refractivity contribution is 0.324. The monoisotopic (exact) mass is 142 g/mol. The Labute approximate surface area is 61.7 Å². The lowest BCUT2D eigenvalue weighted by atomic mass is 10.1. The minimum absolute atomic E-state index is 0.657. The first-order chi connectivity index (χ1) is 4.66. The van der Waals surface area contributed by atoms with E-state index in [2.05, 4.69) is 18.9 Å². The molecule has 0 aliphatic carbocycles. The number of hydrogen-bond donors (Lipinski definition) is 0. The van der Waals surface area contributed by atoms with Crippen molar-refractivity contribution < 1.29 is 4.79 Å². The van der Waals surface area contributed by atoms with Gasteiger partial charge >= 0.3 is 0 Å². The van der Waals surface area contributed by atoms with E-state index in [1.807, 2.05) is 0 Å². The topological polar surface area (TPSA) is 32.7 Å². The summed E-state index contributed by atoms with van der Waals surface area (Å²) in [5, 5.41) is 5.03. The van der Waals surface area contributed by atoms with Gasteiger partial charge in [0.2, 0.25) is 0 Å². The highest BCUT2D eigenvalue weighted by Crippen LogP contribution is 1.99. The van der Waals surface area contributed by atoms with E-state index in [1.165, 1.54) is 6.08 Å². The van der Waals surface area contributed by atoms with E-state index in [0.29, 0.717) is 5.92 Å². The Hall–Kier alpha value is -0.820. The first-order valence-corrected chi connectivity index (χ1v) is 3.45. The van der Waals surface area contributed by atoms with Crippen molar-refractivity contribution in [2.45, 2.75) is 20.3 Å². The SMILES string of the molecule is CC(C)CCN(C)N=C=O. The van der Waals surface area contributed by atoms with Gasteiger partial charge in [0.1, 0.15) is 0 Å². The van der Waals surface area contributed by atoms with Crippen LogP contribution in [0.25, 0.3) is 0 Å². The Balaban J connectivity index is 3.39. The number of hydrogen-bond acceptors (Lipinski definition) is 3. The molecular formula is C7H14N2O. The fraction of sp³-hybridized carbons (Fsp3) is 0.857. The number of nitrogens with zero attached hydrogens (tertiary/aromatic N) is 2. The van der Waals surface area contributed by atoms with Gasteiger partial charge in [-0.05, 0) is 12.3 Å². The van der Waals surface area contributed by atoms with Gasteiger partial charge in [0.05, 0.1) is 0 Å². The fourth-order valence-corrected chi connectivity index (χ4v) is 0.565. The molecule has 0 bridgehead atoms. The number of rotatable bonds is 4. The molecule has 3 nitrogen and oxygen atoms in total. The molecule has 0 spiro atoms. The Kier molecular flexibility index (Phi) is 4.59. The molecule has 0 unspecified atom stereocenters. The predicted molar refractivity (Wildman–Crippen MR) is 40.2 cm³/mol. The van der Waals surface area contributed by atoms with Crippen molar-refractivity contribution in [2.24, 2.45) is 11.0 Å². The molecular weight excluding hydrogens is 128 g/mol. The van der Waals surface area contributed by atoms with Crippen LogP contribution in [0.1, 0.15) is 20.3 Å². The second kappa shape index (κ2) is 5.00. The van der Waals surface area contributed by atoms with Crippen molar-refractivity contribution in [1.82, 2.24) is 5.01 Å². The smallest absolute Gasteiger partial charge is 0.258 e. The molecule has 0 aromatic heterocycles. The summed E-state index contributed by atoms with van der Waals surface area (Å²) in [6.07, 6.45) is 2.55. The molecule has 0 aromatic rings. The molecule has 0 atom stereocenters. The predicted octanol–water partition coefficient (Wildman–Crippen LogP) is 1.22. The average molecular weight is 142 g/mol. The molecule has 0 rings (SSSR count). The number of hydrazone groups is 1. The fourth-order valence-electron chi connectivity index (χ4n) is 0.565. The normalized spacial score (nSPS) is 9.20. The Morgan fingerprint density at radius 2 is 2.20 bits per heavy atom. The third kappa shape index (κ3) is 5.32. The van der Waals surface area contributed by atoms with Crippen LogP contribution in [0.5, 0.6) is 0 Å². The molecule has 0 aromatic carbocycles. The van der Waals surface area contributed by atoms with Gasteiger partial charge in [-0.3, -0.25) is 5.01 Å². The summed E-state index contributed by atoms with van der Waals surface area (Å²) in [5.41, 5.74) is 0. The van der Waals surface area contributed by atoms with Gasteiger partial charge < -0.3 is 0 Å². The molecule has 0 aliphatic heterocycles.